The predicted octanol–water partition coefficient (Wildman–Crippen LogP) is 0.492. The maximum atomic E-state index is 12.7. The second-order valence-corrected chi connectivity index (χ2v) is 5.61. The lowest BCUT2D eigenvalue weighted by Crippen LogP contribution is -2.52. The number of piperazine rings is 1. The highest BCUT2D eigenvalue weighted by Gasteiger charge is 2.28. The van der Waals surface area contributed by atoms with E-state index in [2.05, 4.69) is 22.3 Å². The number of hydrogen-bond donors (Lipinski definition) is 1. The quantitative estimate of drug-likeness (QED) is 0.880. The van der Waals surface area contributed by atoms with Gasteiger partial charge in [-0.15, -0.1) is 0 Å². The van der Waals surface area contributed by atoms with Crippen molar-refractivity contribution in [3.05, 3.63) is 35.9 Å². The van der Waals surface area contributed by atoms with Gasteiger partial charge in [-0.05, 0) is 5.56 Å². The molecule has 114 valence electrons. The summed E-state index contributed by atoms with van der Waals surface area (Å²) in [5.41, 5.74) is 1.21. The molecule has 2 fully saturated rings. The third kappa shape index (κ3) is 3.61. The van der Waals surface area contributed by atoms with E-state index < -0.39 is 0 Å². The Bertz CT molecular complexity index is 460. The number of rotatable bonds is 3. The van der Waals surface area contributed by atoms with Crippen LogP contribution in [0.5, 0.6) is 0 Å². The Morgan fingerprint density at radius 3 is 2.71 bits per heavy atom. The van der Waals surface area contributed by atoms with Crippen LogP contribution in [0.15, 0.2) is 30.3 Å². The summed E-state index contributed by atoms with van der Waals surface area (Å²) in [6.07, 6.45) is 0. The van der Waals surface area contributed by atoms with Gasteiger partial charge in [-0.2, -0.15) is 0 Å². The van der Waals surface area contributed by atoms with Crippen molar-refractivity contribution in [2.45, 2.75) is 6.04 Å². The second-order valence-electron chi connectivity index (χ2n) is 5.61. The van der Waals surface area contributed by atoms with Crippen molar-refractivity contribution in [1.29, 1.82) is 0 Å². The van der Waals surface area contributed by atoms with Gasteiger partial charge in [0, 0.05) is 32.7 Å². The zero-order valence-electron chi connectivity index (χ0n) is 12.3. The maximum absolute atomic E-state index is 12.7. The monoisotopic (exact) mass is 289 g/mol. The van der Waals surface area contributed by atoms with Crippen molar-refractivity contribution in [2.75, 3.05) is 52.5 Å². The van der Waals surface area contributed by atoms with Crippen LogP contribution in [-0.2, 0) is 9.53 Å². The number of amides is 1. The average Bonchev–Trinajstić information content (AvgIpc) is 2.56. The highest BCUT2D eigenvalue weighted by Crippen LogP contribution is 2.22. The van der Waals surface area contributed by atoms with Crippen LogP contribution in [0, 0.1) is 0 Å². The van der Waals surface area contributed by atoms with Gasteiger partial charge in [0.2, 0.25) is 5.91 Å². The highest BCUT2D eigenvalue weighted by atomic mass is 16.5. The van der Waals surface area contributed by atoms with Crippen molar-refractivity contribution in [1.82, 2.24) is 15.1 Å². The van der Waals surface area contributed by atoms with Gasteiger partial charge in [0.1, 0.15) is 0 Å². The van der Waals surface area contributed by atoms with Crippen LogP contribution in [0.3, 0.4) is 0 Å². The second kappa shape index (κ2) is 7.02. The summed E-state index contributed by atoms with van der Waals surface area (Å²) >= 11 is 0. The fourth-order valence-electron chi connectivity index (χ4n) is 3.02. The molecular weight excluding hydrogens is 266 g/mol. The van der Waals surface area contributed by atoms with Crippen LogP contribution in [0.2, 0.25) is 0 Å². The van der Waals surface area contributed by atoms with E-state index in [1.54, 1.807) is 0 Å². The van der Waals surface area contributed by atoms with Gasteiger partial charge in [-0.3, -0.25) is 9.69 Å². The van der Waals surface area contributed by atoms with E-state index in [1.807, 2.05) is 23.1 Å². The van der Waals surface area contributed by atoms with Crippen molar-refractivity contribution in [3.8, 4) is 0 Å². The molecule has 2 aliphatic rings. The Morgan fingerprint density at radius 1 is 1.19 bits per heavy atom. The molecule has 0 unspecified atom stereocenters. The maximum Gasteiger partial charge on any atom is 0.237 e. The molecule has 2 aliphatic heterocycles. The van der Waals surface area contributed by atoms with Crippen molar-refractivity contribution in [2.24, 2.45) is 0 Å². The number of nitrogens with zero attached hydrogens (tertiary/aromatic N) is 2. The van der Waals surface area contributed by atoms with E-state index in [9.17, 15) is 4.79 Å². The lowest BCUT2D eigenvalue weighted by Gasteiger charge is -2.38. The molecule has 0 radical (unpaired) electrons. The summed E-state index contributed by atoms with van der Waals surface area (Å²) in [5, 5.41) is 3.39. The Balaban J connectivity index is 1.67. The summed E-state index contributed by atoms with van der Waals surface area (Å²) in [5.74, 6) is 0.229. The minimum Gasteiger partial charge on any atom is -0.379 e. The molecule has 5 heteroatoms. The van der Waals surface area contributed by atoms with Crippen LogP contribution in [-0.4, -0.2) is 68.2 Å². The standard InChI is InChI=1S/C16H23N3O2/c20-16(13-18-8-10-21-11-9-18)19-7-6-17-12-15(19)14-4-2-1-3-5-14/h1-5,15,17H,6-13H2/t15-/m0/s1. The zero-order chi connectivity index (χ0) is 14.5. The Hall–Kier alpha value is -1.43. The molecule has 0 aliphatic carbocycles. The molecule has 21 heavy (non-hydrogen) atoms. The molecule has 1 aromatic carbocycles. The van der Waals surface area contributed by atoms with Crippen LogP contribution < -0.4 is 5.32 Å². The molecule has 1 N–H and O–H groups in total. The van der Waals surface area contributed by atoms with Gasteiger partial charge >= 0.3 is 0 Å². The summed E-state index contributed by atoms with van der Waals surface area (Å²) in [6, 6.07) is 10.4. The van der Waals surface area contributed by atoms with Crippen molar-refractivity contribution >= 4 is 5.91 Å². The number of carbonyl (C=O) groups is 1. The van der Waals surface area contributed by atoms with Crippen LogP contribution in [0.4, 0.5) is 0 Å². The molecule has 0 bridgehead atoms. The first kappa shape index (κ1) is 14.5. The molecule has 0 saturated carbocycles. The van der Waals surface area contributed by atoms with E-state index in [4.69, 9.17) is 4.74 Å². The largest absolute Gasteiger partial charge is 0.379 e. The lowest BCUT2D eigenvalue weighted by atomic mass is 10.0. The molecular formula is C16H23N3O2. The number of morpholine rings is 1. The molecule has 1 atom stereocenters. The van der Waals surface area contributed by atoms with E-state index in [1.165, 1.54) is 5.56 Å². The molecule has 5 nitrogen and oxygen atoms in total. The minimum atomic E-state index is 0.147. The number of carbonyl (C=O) groups excluding carboxylic acids is 1. The SMILES string of the molecule is O=C(CN1CCOCC1)N1CCNC[C@H]1c1ccccc1. The summed E-state index contributed by atoms with van der Waals surface area (Å²) in [6.45, 7) is 6.17. The third-order valence-electron chi connectivity index (χ3n) is 4.21. The third-order valence-corrected chi connectivity index (χ3v) is 4.21. The molecule has 0 spiro atoms. The number of benzene rings is 1. The minimum absolute atomic E-state index is 0.147. The van der Waals surface area contributed by atoms with Crippen LogP contribution >= 0.6 is 0 Å². The van der Waals surface area contributed by atoms with E-state index >= 15 is 0 Å². The average molecular weight is 289 g/mol. The van der Waals surface area contributed by atoms with Gasteiger partial charge < -0.3 is 15.0 Å². The molecule has 3 rings (SSSR count). The Labute approximate surface area is 125 Å². The van der Waals surface area contributed by atoms with Crippen molar-refractivity contribution < 1.29 is 9.53 Å². The number of nitrogens with one attached hydrogen (secondary N) is 1. The molecule has 2 saturated heterocycles. The Morgan fingerprint density at radius 2 is 1.95 bits per heavy atom. The first-order valence-electron chi connectivity index (χ1n) is 7.70. The van der Waals surface area contributed by atoms with E-state index in [0.717, 1.165) is 45.9 Å². The molecule has 1 aromatic rings. The molecule has 0 aromatic heterocycles. The first-order chi connectivity index (χ1) is 10.3. The fourth-order valence-corrected chi connectivity index (χ4v) is 3.02. The van der Waals surface area contributed by atoms with E-state index in [0.29, 0.717) is 6.54 Å². The van der Waals surface area contributed by atoms with Gasteiger partial charge in [-0.25, -0.2) is 0 Å². The first-order valence-corrected chi connectivity index (χ1v) is 7.70. The Kier molecular flexibility index (Phi) is 4.85. The topological polar surface area (TPSA) is 44.8 Å². The molecule has 2 heterocycles. The lowest BCUT2D eigenvalue weighted by molar-refractivity contribution is -0.136. The number of ether oxygens (including phenoxy) is 1. The van der Waals surface area contributed by atoms with Gasteiger partial charge in [0.05, 0.1) is 25.8 Å². The normalized spacial score (nSPS) is 24.0. The number of hydrogen-bond acceptors (Lipinski definition) is 4. The summed E-state index contributed by atoms with van der Waals surface area (Å²) in [7, 11) is 0. The summed E-state index contributed by atoms with van der Waals surface area (Å²) in [4.78, 5) is 16.9. The van der Waals surface area contributed by atoms with Gasteiger partial charge in [-0.1, -0.05) is 30.3 Å². The molecule has 1 amide bonds. The summed E-state index contributed by atoms with van der Waals surface area (Å²) < 4.78 is 5.34. The smallest absolute Gasteiger partial charge is 0.237 e. The van der Waals surface area contributed by atoms with Crippen LogP contribution in [0.25, 0.3) is 0 Å². The zero-order valence-corrected chi connectivity index (χ0v) is 12.3. The van der Waals surface area contributed by atoms with Gasteiger partial charge in [0.15, 0.2) is 0 Å². The van der Waals surface area contributed by atoms with Gasteiger partial charge in [0.25, 0.3) is 0 Å². The van der Waals surface area contributed by atoms with Crippen molar-refractivity contribution in [3.63, 3.8) is 0 Å². The highest BCUT2D eigenvalue weighted by molar-refractivity contribution is 5.79. The predicted molar refractivity (Wildman–Crippen MR) is 81.0 cm³/mol. The van der Waals surface area contributed by atoms with E-state index in [-0.39, 0.29) is 11.9 Å². The fraction of sp³-hybridized carbons (Fsp3) is 0.562. The van der Waals surface area contributed by atoms with Crippen LogP contribution in [0.1, 0.15) is 11.6 Å².